The number of halogens is 1. The fourth-order valence-electron chi connectivity index (χ4n) is 4.38. The molecular formula is C25H28ClNO3. The minimum absolute atomic E-state index is 0. The number of aromatic carboxylic acids is 1. The lowest BCUT2D eigenvalue weighted by Crippen LogP contribution is -2.48. The normalized spacial score (nSPS) is 20.0. The van der Waals surface area contributed by atoms with Crippen LogP contribution in [0.4, 0.5) is 0 Å². The van der Waals surface area contributed by atoms with Gasteiger partial charge in [-0.25, -0.2) is 4.79 Å². The number of carboxylic acid groups (broad SMARTS) is 1. The van der Waals surface area contributed by atoms with E-state index >= 15 is 0 Å². The molecular weight excluding hydrogens is 398 g/mol. The van der Waals surface area contributed by atoms with Crippen molar-refractivity contribution >= 4 is 18.4 Å². The van der Waals surface area contributed by atoms with Gasteiger partial charge in [-0.05, 0) is 86.6 Å². The average Bonchev–Trinajstić information content (AvgIpc) is 2.77. The van der Waals surface area contributed by atoms with Crippen LogP contribution < -0.4 is 4.74 Å². The molecule has 3 fully saturated rings. The van der Waals surface area contributed by atoms with Gasteiger partial charge in [0.2, 0.25) is 0 Å². The number of carboxylic acids is 1. The van der Waals surface area contributed by atoms with Gasteiger partial charge in [-0.1, -0.05) is 11.8 Å². The van der Waals surface area contributed by atoms with Gasteiger partial charge in [0, 0.05) is 30.3 Å². The second-order valence-electron chi connectivity index (χ2n) is 8.03. The molecule has 1 aliphatic carbocycles. The fourth-order valence-corrected chi connectivity index (χ4v) is 4.38. The van der Waals surface area contributed by atoms with Crippen molar-refractivity contribution in [3.63, 3.8) is 0 Å². The first-order valence-corrected chi connectivity index (χ1v) is 10.5. The zero-order valence-corrected chi connectivity index (χ0v) is 17.9. The topological polar surface area (TPSA) is 49.8 Å². The fraction of sp³-hybridized carbons (Fsp3) is 0.400. The molecule has 2 aromatic carbocycles. The van der Waals surface area contributed by atoms with Crippen LogP contribution in [0.5, 0.6) is 5.75 Å². The molecule has 0 spiro atoms. The standard InChI is InChI=1S/C25H27NO3.ClH/c27-25(28)22-10-4-19(5-11-22)2-3-20-8-14-24(15-9-20)29-17-1-16-26-18-21-6-12-23(26)13-7-21;/h4-5,8-11,14-15,21,23H,1,6-7,12-13,16-18H2,(H,27,28);1H. The van der Waals surface area contributed by atoms with Gasteiger partial charge in [-0.2, -0.15) is 0 Å². The maximum Gasteiger partial charge on any atom is 0.335 e. The van der Waals surface area contributed by atoms with Gasteiger partial charge in [-0.3, -0.25) is 4.90 Å². The average molecular weight is 426 g/mol. The summed E-state index contributed by atoms with van der Waals surface area (Å²) in [5, 5.41) is 8.93. The second-order valence-corrected chi connectivity index (χ2v) is 8.03. The van der Waals surface area contributed by atoms with Crippen LogP contribution in [0.25, 0.3) is 0 Å². The molecule has 2 heterocycles. The van der Waals surface area contributed by atoms with Crippen LogP contribution in [0.3, 0.4) is 0 Å². The van der Waals surface area contributed by atoms with Crippen molar-refractivity contribution < 1.29 is 14.6 Å². The third-order valence-corrected chi connectivity index (χ3v) is 6.02. The van der Waals surface area contributed by atoms with Crippen molar-refractivity contribution in [2.45, 2.75) is 38.1 Å². The van der Waals surface area contributed by atoms with Crippen LogP contribution in [0.1, 0.15) is 53.6 Å². The Bertz CT molecular complexity index is 891. The van der Waals surface area contributed by atoms with E-state index < -0.39 is 5.97 Å². The highest BCUT2D eigenvalue weighted by atomic mass is 35.5. The second kappa shape index (κ2) is 10.5. The number of piperidine rings is 2. The van der Waals surface area contributed by atoms with E-state index in [4.69, 9.17) is 9.84 Å². The van der Waals surface area contributed by atoms with Crippen molar-refractivity contribution in [3.05, 3.63) is 65.2 Å². The Morgan fingerprint density at radius 3 is 2.10 bits per heavy atom. The summed E-state index contributed by atoms with van der Waals surface area (Å²) in [5.41, 5.74) is 1.97. The molecule has 5 rings (SSSR count). The minimum Gasteiger partial charge on any atom is -0.494 e. The predicted molar refractivity (Wildman–Crippen MR) is 121 cm³/mol. The Kier molecular flexibility index (Phi) is 7.79. The van der Waals surface area contributed by atoms with Gasteiger partial charge in [-0.15, -0.1) is 12.4 Å². The van der Waals surface area contributed by atoms with Crippen molar-refractivity contribution in [2.24, 2.45) is 5.92 Å². The Hall–Kier alpha value is -2.48. The minimum atomic E-state index is -0.928. The number of hydrogen-bond acceptors (Lipinski definition) is 3. The number of ether oxygens (including phenoxy) is 1. The Labute approximate surface area is 184 Å². The third-order valence-electron chi connectivity index (χ3n) is 6.02. The zero-order valence-electron chi connectivity index (χ0n) is 17.0. The van der Waals surface area contributed by atoms with E-state index in [1.807, 2.05) is 24.3 Å². The van der Waals surface area contributed by atoms with Crippen LogP contribution >= 0.6 is 12.4 Å². The molecule has 5 heteroatoms. The lowest BCUT2D eigenvalue weighted by atomic mass is 9.80. The zero-order chi connectivity index (χ0) is 20.1. The van der Waals surface area contributed by atoms with E-state index in [1.165, 1.54) is 32.2 Å². The highest BCUT2D eigenvalue weighted by Crippen LogP contribution is 2.34. The molecule has 158 valence electrons. The molecule has 30 heavy (non-hydrogen) atoms. The first kappa shape index (κ1) is 22.2. The van der Waals surface area contributed by atoms with E-state index in [9.17, 15) is 4.79 Å². The monoisotopic (exact) mass is 425 g/mol. The number of fused-ring (bicyclic) bond motifs is 3. The molecule has 2 saturated heterocycles. The Morgan fingerprint density at radius 2 is 1.57 bits per heavy atom. The number of nitrogens with zero attached hydrogens (tertiary/aromatic N) is 1. The summed E-state index contributed by atoms with van der Waals surface area (Å²) in [5.74, 6) is 7.05. The molecule has 2 aliphatic heterocycles. The third kappa shape index (κ3) is 5.78. The van der Waals surface area contributed by atoms with Gasteiger partial charge in [0.05, 0.1) is 12.2 Å². The first-order valence-electron chi connectivity index (χ1n) is 10.5. The van der Waals surface area contributed by atoms with Crippen molar-refractivity contribution in [1.82, 2.24) is 4.90 Å². The van der Waals surface area contributed by atoms with Gasteiger partial charge >= 0.3 is 5.97 Å². The molecule has 0 unspecified atom stereocenters. The number of benzene rings is 2. The molecule has 3 aliphatic rings. The van der Waals surface area contributed by atoms with Crippen LogP contribution in [0.2, 0.25) is 0 Å². The van der Waals surface area contributed by atoms with E-state index in [0.717, 1.165) is 48.4 Å². The van der Waals surface area contributed by atoms with Crippen LogP contribution in [-0.2, 0) is 0 Å². The Morgan fingerprint density at radius 1 is 0.967 bits per heavy atom. The van der Waals surface area contributed by atoms with E-state index in [2.05, 4.69) is 16.7 Å². The smallest absolute Gasteiger partial charge is 0.335 e. The molecule has 0 aromatic heterocycles. The summed E-state index contributed by atoms with van der Waals surface area (Å²) in [4.78, 5) is 13.5. The number of carbonyl (C=O) groups is 1. The summed E-state index contributed by atoms with van der Waals surface area (Å²) in [6.45, 7) is 3.18. The summed E-state index contributed by atoms with van der Waals surface area (Å²) in [6.07, 6.45) is 6.70. The molecule has 2 aromatic rings. The molecule has 4 nitrogen and oxygen atoms in total. The van der Waals surface area contributed by atoms with E-state index in [-0.39, 0.29) is 18.0 Å². The quantitative estimate of drug-likeness (QED) is 0.531. The maximum absolute atomic E-state index is 10.9. The van der Waals surface area contributed by atoms with Crippen molar-refractivity contribution in [2.75, 3.05) is 19.7 Å². The first-order chi connectivity index (χ1) is 14.2. The summed E-state index contributed by atoms with van der Waals surface area (Å²) < 4.78 is 5.90. The van der Waals surface area contributed by atoms with Crippen molar-refractivity contribution in [3.8, 4) is 17.6 Å². The van der Waals surface area contributed by atoms with E-state index in [0.29, 0.717) is 0 Å². The predicted octanol–water partition coefficient (Wildman–Crippen LogP) is 4.85. The molecule has 1 N–H and O–H groups in total. The number of rotatable bonds is 6. The van der Waals surface area contributed by atoms with Crippen LogP contribution in [-0.4, -0.2) is 41.7 Å². The molecule has 1 saturated carbocycles. The van der Waals surface area contributed by atoms with Crippen LogP contribution in [0, 0.1) is 17.8 Å². The molecule has 0 amide bonds. The van der Waals surface area contributed by atoms with Gasteiger partial charge < -0.3 is 9.84 Å². The van der Waals surface area contributed by atoms with Gasteiger partial charge in [0.25, 0.3) is 0 Å². The Balaban J connectivity index is 0.00000256. The highest BCUT2D eigenvalue weighted by molar-refractivity contribution is 5.87. The molecule has 2 bridgehead atoms. The van der Waals surface area contributed by atoms with Gasteiger partial charge in [0.15, 0.2) is 0 Å². The lowest BCUT2D eigenvalue weighted by molar-refractivity contribution is 0.0452. The molecule has 0 radical (unpaired) electrons. The summed E-state index contributed by atoms with van der Waals surface area (Å²) >= 11 is 0. The van der Waals surface area contributed by atoms with E-state index in [1.54, 1.807) is 24.3 Å². The van der Waals surface area contributed by atoms with Crippen molar-refractivity contribution in [1.29, 1.82) is 0 Å². The largest absolute Gasteiger partial charge is 0.494 e. The van der Waals surface area contributed by atoms with Gasteiger partial charge in [0.1, 0.15) is 5.75 Å². The maximum atomic E-state index is 10.9. The lowest BCUT2D eigenvalue weighted by Gasteiger charge is -2.45. The van der Waals surface area contributed by atoms with Crippen LogP contribution in [0.15, 0.2) is 48.5 Å². The summed E-state index contributed by atoms with van der Waals surface area (Å²) in [7, 11) is 0. The highest BCUT2D eigenvalue weighted by Gasteiger charge is 2.32. The number of hydrogen-bond donors (Lipinski definition) is 1. The molecule has 0 atom stereocenters. The SMILES string of the molecule is Cl.O=C(O)c1ccc(C#Cc2ccc(OCCCN3CC4CCC3CC4)cc2)cc1. The summed E-state index contributed by atoms with van der Waals surface area (Å²) in [6, 6.07) is 15.2.